The number of nitrogens with zero attached hydrogens (tertiary/aromatic N) is 2. The van der Waals surface area contributed by atoms with Crippen LogP contribution in [0.3, 0.4) is 0 Å². The molecule has 6 heteroatoms. The van der Waals surface area contributed by atoms with E-state index in [2.05, 4.69) is 15.6 Å². The maximum Gasteiger partial charge on any atom is 0.315 e. The second kappa shape index (κ2) is 6.35. The zero-order valence-electron chi connectivity index (χ0n) is 14.9. The van der Waals surface area contributed by atoms with Crippen molar-refractivity contribution in [1.82, 2.24) is 15.6 Å². The molecule has 6 nitrogen and oxygen atoms in total. The predicted octanol–water partition coefficient (Wildman–Crippen LogP) is 2.29. The Bertz CT molecular complexity index is 569. The van der Waals surface area contributed by atoms with Crippen LogP contribution in [0, 0.1) is 0 Å². The van der Waals surface area contributed by atoms with E-state index in [1.165, 1.54) is 0 Å². The molecule has 0 aromatic carbocycles. The summed E-state index contributed by atoms with van der Waals surface area (Å²) < 4.78 is 6.00. The number of amides is 2. The van der Waals surface area contributed by atoms with Crippen LogP contribution in [0.25, 0.3) is 0 Å². The standard InChI is InChI=1S/C17H28N4O2/c1-16(2)10-13(17(3,4)23-16)20-15(22)19-11-12-8-7-9-18-14(12)21(5)6/h7-9,13H,10-11H2,1-6H3,(H2,19,20,22)/t13-/m1/s1. The van der Waals surface area contributed by atoms with Gasteiger partial charge in [0.25, 0.3) is 0 Å². The smallest absolute Gasteiger partial charge is 0.315 e. The van der Waals surface area contributed by atoms with E-state index in [0.29, 0.717) is 6.54 Å². The molecule has 0 radical (unpaired) electrons. The summed E-state index contributed by atoms with van der Waals surface area (Å²) in [5, 5.41) is 5.95. The maximum atomic E-state index is 12.2. The molecule has 1 aliphatic rings. The average molecular weight is 320 g/mol. The summed E-state index contributed by atoms with van der Waals surface area (Å²) in [5.74, 6) is 0.860. The SMILES string of the molecule is CN(C)c1ncccc1CNC(=O)N[C@@H]1CC(C)(C)OC1(C)C. The van der Waals surface area contributed by atoms with Crippen LogP contribution in [0.4, 0.5) is 10.6 Å². The molecule has 1 aromatic heterocycles. The summed E-state index contributed by atoms with van der Waals surface area (Å²) in [5.41, 5.74) is 0.391. The van der Waals surface area contributed by atoms with Gasteiger partial charge in [-0.3, -0.25) is 0 Å². The molecule has 1 atom stereocenters. The van der Waals surface area contributed by atoms with Crippen molar-refractivity contribution in [2.24, 2.45) is 0 Å². The molecule has 0 aliphatic carbocycles. The monoisotopic (exact) mass is 320 g/mol. The molecule has 1 aliphatic heterocycles. The van der Waals surface area contributed by atoms with Crippen LogP contribution in [0.15, 0.2) is 18.3 Å². The summed E-state index contributed by atoms with van der Waals surface area (Å²) in [6.07, 6.45) is 2.54. The molecule has 2 N–H and O–H groups in total. The number of rotatable bonds is 4. The van der Waals surface area contributed by atoms with Crippen LogP contribution in [0.5, 0.6) is 0 Å². The molecule has 2 rings (SSSR count). The number of nitrogens with one attached hydrogen (secondary N) is 2. The van der Waals surface area contributed by atoms with E-state index >= 15 is 0 Å². The molecule has 0 unspecified atom stereocenters. The molecular formula is C17H28N4O2. The highest BCUT2D eigenvalue weighted by atomic mass is 16.5. The number of urea groups is 1. The minimum Gasteiger partial charge on any atom is -0.367 e. The lowest BCUT2D eigenvalue weighted by molar-refractivity contribution is -0.0690. The fourth-order valence-electron chi connectivity index (χ4n) is 3.14. The lowest BCUT2D eigenvalue weighted by Crippen LogP contribution is -2.49. The van der Waals surface area contributed by atoms with Gasteiger partial charge in [0, 0.05) is 32.4 Å². The van der Waals surface area contributed by atoms with Gasteiger partial charge >= 0.3 is 6.03 Å². The quantitative estimate of drug-likeness (QED) is 0.893. The number of anilines is 1. The van der Waals surface area contributed by atoms with Crippen molar-refractivity contribution < 1.29 is 9.53 Å². The second-order valence-corrected chi connectivity index (χ2v) is 7.43. The van der Waals surface area contributed by atoms with Crippen molar-refractivity contribution >= 4 is 11.8 Å². The largest absolute Gasteiger partial charge is 0.367 e. The van der Waals surface area contributed by atoms with Crippen molar-refractivity contribution in [2.45, 2.75) is 57.9 Å². The first kappa shape index (κ1) is 17.5. The van der Waals surface area contributed by atoms with Crippen molar-refractivity contribution in [3.63, 3.8) is 0 Å². The minimum absolute atomic E-state index is 0.0142. The van der Waals surface area contributed by atoms with Crippen LogP contribution < -0.4 is 15.5 Å². The lowest BCUT2D eigenvalue weighted by Gasteiger charge is -2.27. The van der Waals surface area contributed by atoms with Gasteiger partial charge < -0.3 is 20.3 Å². The van der Waals surface area contributed by atoms with Crippen molar-refractivity contribution in [1.29, 1.82) is 0 Å². The van der Waals surface area contributed by atoms with Crippen LogP contribution in [0.1, 0.15) is 39.7 Å². The first-order valence-electron chi connectivity index (χ1n) is 7.96. The Morgan fingerprint density at radius 1 is 1.39 bits per heavy atom. The zero-order valence-corrected chi connectivity index (χ0v) is 14.9. The summed E-state index contributed by atoms with van der Waals surface area (Å²) in [6, 6.07) is 3.64. The van der Waals surface area contributed by atoms with Gasteiger partial charge in [0.2, 0.25) is 0 Å². The van der Waals surface area contributed by atoms with E-state index in [0.717, 1.165) is 17.8 Å². The molecule has 1 fully saturated rings. The highest BCUT2D eigenvalue weighted by molar-refractivity contribution is 5.74. The van der Waals surface area contributed by atoms with Gasteiger partial charge in [-0.15, -0.1) is 0 Å². The van der Waals surface area contributed by atoms with Gasteiger partial charge in [0.15, 0.2) is 0 Å². The summed E-state index contributed by atoms with van der Waals surface area (Å²) in [4.78, 5) is 18.5. The maximum absolute atomic E-state index is 12.2. The van der Waals surface area contributed by atoms with Crippen LogP contribution >= 0.6 is 0 Å². The Kier molecular flexibility index (Phi) is 4.84. The zero-order chi connectivity index (χ0) is 17.3. The number of hydrogen-bond donors (Lipinski definition) is 2. The van der Waals surface area contributed by atoms with Crippen molar-refractivity contribution in [3.8, 4) is 0 Å². The third kappa shape index (κ3) is 4.34. The molecule has 128 valence electrons. The van der Waals surface area contributed by atoms with Crippen LogP contribution in [-0.2, 0) is 11.3 Å². The lowest BCUT2D eigenvalue weighted by atomic mass is 9.95. The summed E-state index contributed by atoms with van der Waals surface area (Å²) >= 11 is 0. The molecule has 2 heterocycles. The third-order valence-corrected chi connectivity index (χ3v) is 4.11. The van der Waals surface area contributed by atoms with Gasteiger partial charge in [-0.25, -0.2) is 9.78 Å². The van der Waals surface area contributed by atoms with Gasteiger partial charge in [-0.2, -0.15) is 0 Å². The second-order valence-electron chi connectivity index (χ2n) is 7.43. The highest BCUT2D eigenvalue weighted by Gasteiger charge is 2.46. The topological polar surface area (TPSA) is 66.5 Å². The molecule has 0 bridgehead atoms. The molecular weight excluding hydrogens is 292 g/mol. The predicted molar refractivity (Wildman–Crippen MR) is 91.6 cm³/mol. The number of aromatic nitrogens is 1. The number of carbonyl (C=O) groups excluding carboxylic acids is 1. The van der Waals surface area contributed by atoms with E-state index in [1.807, 2.05) is 58.8 Å². The van der Waals surface area contributed by atoms with E-state index in [9.17, 15) is 4.79 Å². The number of pyridine rings is 1. The Labute approximate surface area is 138 Å². The fraction of sp³-hybridized carbons (Fsp3) is 0.647. The molecule has 1 saturated heterocycles. The first-order chi connectivity index (χ1) is 10.6. The Morgan fingerprint density at radius 3 is 2.65 bits per heavy atom. The Hall–Kier alpha value is -1.82. The number of carbonyl (C=O) groups is 1. The molecule has 0 saturated carbocycles. The van der Waals surface area contributed by atoms with Gasteiger partial charge in [0.1, 0.15) is 5.82 Å². The summed E-state index contributed by atoms with van der Waals surface area (Å²) in [6.45, 7) is 8.56. The number of hydrogen-bond acceptors (Lipinski definition) is 4. The first-order valence-corrected chi connectivity index (χ1v) is 7.96. The average Bonchev–Trinajstić information content (AvgIpc) is 2.64. The van der Waals surface area contributed by atoms with E-state index in [1.54, 1.807) is 6.20 Å². The number of ether oxygens (including phenoxy) is 1. The highest BCUT2D eigenvalue weighted by Crippen LogP contribution is 2.37. The van der Waals surface area contributed by atoms with Gasteiger partial charge in [-0.1, -0.05) is 6.07 Å². The Balaban J connectivity index is 1.94. The molecule has 2 amide bonds. The van der Waals surface area contributed by atoms with Crippen LogP contribution in [-0.4, -0.2) is 42.4 Å². The van der Waals surface area contributed by atoms with Crippen LogP contribution in [0.2, 0.25) is 0 Å². The molecule has 23 heavy (non-hydrogen) atoms. The van der Waals surface area contributed by atoms with E-state index in [4.69, 9.17) is 4.74 Å². The summed E-state index contributed by atoms with van der Waals surface area (Å²) in [7, 11) is 3.87. The van der Waals surface area contributed by atoms with Gasteiger partial charge in [-0.05, 0) is 40.2 Å². The van der Waals surface area contributed by atoms with E-state index in [-0.39, 0.29) is 23.3 Å². The molecule has 0 spiro atoms. The third-order valence-electron chi connectivity index (χ3n) is 4.11. The van der Waals surface area contributed by atoms with Gasteiger partial charge in [0.05, 0.1) is 17.2 Å². The van der Waals surface area contributed by atoms with Crippen molar-refractivity contribution in [3.05, 3.63) is 23.9 Å². The Morgan fingerprint density at radius 2 is 2.09 bits per heavy atom. The minimum atomic E-state index is -0.371. The van der Waals surface area contributed by atoms with Crippen molar-refractivity contribution in [2.75, 3.05) is 19.0 Å². The van der Waals surface area contributed by atoms with E-state index < -0.39 is 0 Å². The molecule has 1 aromatic rings. The fourth-order valence-corrected chi connectivity index (χ4v) is 3.14. The normalized spacial score (nSPS) is 21.7.